The summed E-state index contributed by atoms with van der Waals surface area (Å²) >= 11 is 1.71. The smallest absolute Gasteiger partial charge is 0.224 e. The lowest BCUT2D eigenvalue weighted by Crippen LogP contribution is -2.28. The number of nitrogens with one attached hydrogen (secondary N) is 1. The van der Waals surface area contributed by atoms with Gasteiger partial charge in [-0.2, -0.15) is 0 Å². The quantitative estimate of drug-likeness (QED) is 0.843. The fourth-order valence-electron chi connectivity index (χ4n) is 2.65. The highest BCUT2D eigenvalue weighted by atomic mass is 32.2. The Hall–Kier alpha value is -2.14. The van der Waals surface area contributed by atoms with E-state index in [1.54, 1.807) is 11.8 Å². The predicted molar refractivity (Wildman–Crippen MR) is 95.9 cm³/mol. The van der Waals surface area contributed by atoms with Crippen LogP contribution in [0.25, 0.3) is 0 Å². The molecule has 2 aromatic rings. The van der Waals surface area contributed by atoms with Crippen LogP contribution in [0.3, 0.4) is 0 Å². The molecule has 0 bridgehead atoms. The molecular weight excluding hydrogens is 322 g/mol. The lowest BCUT2D eigenvalue weighted by Gasteiger charge is -2.19. The van der Waals surface area contributed by atoms with Crippen molar-refractivity contribution in [2.45, 2.75) is 24.3 Å². The van der Waals surface area contributed by atoms with Gasteiger partial charge < -0.3 is 14.8 Å². The molecule has 3 rings (SSSR count). The number of ether oxygens (including phenoxy) is 2. The van der Waals surface area contributed by atoms with E-state index in [0.29, 0.717) is 25.4 Å². The zero-order valence-corrected chi connectivity index (χ0v) is 14.7. The highest BCUT2D eigenvalue weighted by Gasteiger charge is 2.14. The van der Waals surface area contributed by atoms with Gasteiger partial charge in [0.25, 0.3) is 0 Å². The van der Waals surface area contributed by atoms with Gasteiger partial charge in [0, 0.05) is 4.90 Å². The molecule has 0 spiro atoms. The van der Waals surface area contributed by atoms with Crippen LogP contribution < -0.4 is 14.8 Å². The van der Waals surface area contributed by atoms with Crippen LogP contribution in [0.2, 0.25) is 0 Å². The number of hydrogen-bond acceptors (Lipinski definition) is 4. The number of fused-ring (bicyclic) bond motifs is 1. The monoisotopic (exact) mass is 343 g/mol. The summed E-state index contributed by atoms with van der Waals surface area (Å²) in [4.78, 5) is 13.5. The average Bonchev–Trinajstić information content (AvgIpc) is 2.61. The van der Waals surface area contributed by atoms with Crippen molar-refractivity contribution in [2.24, 2.45) is 0 Å². The minimum atomic E-state index is -0.0226. The van der Waals surface area contributed by atoms with Gasteiger partial charge in [-0.25, -0.2) is 0 Å². The largest absolute Gasteiger partial charge is 0.486 e. The molecule has 0 saturated heterocycles. The van der Waals surface area contributed by atoms with Crippen LogP contribution >= 0.6 is 11.8 Å². The molecule has 0 fully saturated rings. The maximum Gasteiger partial charge on any atom is 0.224 e. The lowest BCUT2D eigenvalue weighted by atomic mass is 10.1. The van der Waals surface area contributed by atoms with Gasteiger partial charge in [0.1, 0.15) is 13.2 Å². The molecule has 4 nitrogen and oxygen atoms in total. The summed E-state index contributed by atoms with van der Waals surface area (Å²) in [7, 11) is 0. The van der Waals surface area contributed by atoms with E-state index in [2.05, 4.69) is 29.6 Å². The SMILES string of the molecule is CSc1ccc([C@@H](C)NC(=O)Cc2ccc3c(c2)OCCO3)cc1. The molecule has 1 N–H and O–H groups in total. The van der Waals surface area contributed by atoms with Gasteiger partial charge >= 0.3 is 0 Å². The number of rotatable bonds is 5. The Labute approximate surface area is 146 Å². The molecule has 1 aliphatic rings. The van der Waals surface area contributed by atoms with Crippen LogP contribution in [0, 0.1) is 0 Å². The summed E-state index contributed by atoms with van der Waals surface area (Å²) < 4.78 is 11.1. The Morgan fingerprint density at radius 2 is 1.83 bits per heavy atom. The van der Waals surface area contributed by atoms with Crippen molar-refractivity contribution in [3.8, 4) is 11.5 Å². The summed E-state index contributed by atoms with van der Waals surface area (Å²) in [5, 5.41) is 3.04. The van der Waals surface area contributed by atoms with Gasteiger partial charge in [-0.1, -0.05) is 18.2 Å². The second-order valence-corrected chi connectivity index (χ2v) is 6.60. The summed E-state index contributed by atoms with van der Waals surface area (Å²) in [5.41, 5.74) is 2.02. The van der Waals surface area contributed by atoms with Crippen molar-refractivity contribution in [2.75, 3.05) is 19.5 Å². The average molecular weight is 343 g/mol. The Morgan fingerprint density at radius 1 is 1.12 bits per heavy atom. The molecule has 5 heteroatoms. The standard InChI is InChI=1S/C19H21NO3S/c1-13(15-4-6-16(24-2)7-5-15)20-19(21)12-14-3-8-17-18(11-14)23-10-9-22-17/h3-8,11,13H,9-10,12H2,1-2H3,(H,20,21)/t13-/m1/s1. The van der Waals surface area contributed by atoms with E-state index in [0.717, 1.165) is 16.9 Å². The van der Waals surface area contributed by atoms with Crippen LogP contribution in [0.5, 0.6) is 11.5 Å². The zero-order chi connectivity index (χ0) is 16.9. The van der Waals surface area contributed by atoms with E-state index in [-0.39, 0.29) is 11.9 Å². The van der Waals surface area contributed by atoms with E-state index < -0.39 is 0 Å². The van der Waals surface area contributed by atoms with Crippen molar-refractivity contribution in [3.05, 3.63) is 53.6 Å². The first kappa shape index (κ1) is 16.7. The molecule has 0 radical (unpaired) electrons. The van der Waals surface area contributed by atoms with Gasteiger partial charge in [0.05, 0.1) is 12.5 Å². The highest BCUT2D eigenvalue weighted by molar-refractivity contribution is 7.98. The second-order valence-electron chi connectivity index (χ2n) is 5.72. The van der Waals surface area contributed by atoms with Gasteiger partial charge in [0.15, 0.2) is 11.5 Å². The van der Waals surface area contributed by atoms with Gasteiger partial charge in [-0.3, -0.25) is 4.79 Å². The van der Waals surface area contributed by atoms with Crippen LogP contribution in [0.15, 0.2) is 47.4 Å². The zero-order valence-electron chi connectivity index (χ0n) is 13.9. The topological polar surface area (TPSA) is 47.6 Å². The Kier molecular flexibility index (Phi) is 5.30. The Bertz CT molecular complexity index is 715. The summed E-state index contributed by atoms with van der Waals surface area (Å²) in [6.07, 6.45) is 2.37. The van der Waals surface area contributed by atoms with Crippen molar-refractivity contribution in [3.63, 3.8) is 0 Å². The highest BCUT2D eigenvalue weighted by Crippen LogP contribution is 2.30. The van der Waals surface area contributed by atoms with Crippen LogP contribution in [-0.2, 0) is 11.2 Å². The number of benzene rings is 2. The summed E-state index contributed by atoms with van der Waals surface area (Å²) in [6.45, 7) is 3.11. The Balaban J connectivity index is 1.60. The minimum absolute atomic E-state index is 0.00637. The number of carbonyl (C=O) groups is 1. The predicted octanol–water partition coefficient (Wildman–Crippen LogP) is 3.60. The molecule has 0 aromatic heterocycles. The van der Waals surface area contributed by atoms with Crippen LogP contribution in [0.4, 0.5) is 0 Å². The molecule has 1 heterocycles. The van der Waals surface area contributed by atoms with E-state index >= 15 is 0 Å². The van der Waals surface area contributed by atoms with Gasteiger partial charge in [0.2, 0.25) is 5.91 Å². The normalized spacial score (nSPS) is 14.1. The second kappa shape index (κ2) is 7.62. The van der Waals surface area contributed by atoms with Crippen molar-refractivity contribution in [1.29, 1.82) is 0 Å². The van der Waals surface area contributed by atoms with E-state index in [1.807, 2.05) is 31.4 Å². The van der Waals surface area contributed by atoms with E-state index in [9.17, 15) is 4.79 Å². The molecule has 0 aliphatic carbocycles. The first-order valence-corrected chi connectivity index (χ1v) is 9.20. The van der Waals surface area contributed by atoms with Crippen LogP contribution in [0.1, 0.15) is 24.1 Å². The molecule has 2 aromatic carbocycles. The van der Waals surface area contributed by atoms with E-state index in [4.69, 9.17) is 9.47 Å². The molecule has 126 valence electrons. The van der Waals surface area contributed by atoms with Crippen molar-refractivity contribution >= 4 is 17.7 Å². The molecule has 1 amide bonds. The number of carbonyl (C=O) groups excluding carboxylic acids is 1. The van der Waals surface area contributed by atoms with Crippen LogP contribution in [-0.4, -0.2) is 25.4 Å². The minimum Gasteiger partial charge on any atom is -0.486 e. The maximum absolute atomic E-state index is 12.3. The van der Waals surface area contributed by atoms with Gasteiger partial charge in [-0.15, -0.1) is 11.8 Å². The molecule has 0 unspecified atom stereocenters. The fraction of sp³-hybridized carbons (Fsp3) is 0.316. The summed E-state index contributed by atoms with van der Waals surface area (Å²) in [6, 6.07) is 13.9. The van der Waals surface area contributed by atoms with Crippen molar-refractivity contribution < 1.29 is 14.3 Å². The van der Waals surface area contributed by atoms with Gasteiger partial charge in [-0.05, 0) is 48.6 Å². The maximum atomic E-state index is 12.3. The molecule has 1 atom stereocenters. The fourth-order valence-corrected chi connectivity index (χ4v) is 3.06. The third-order valence-corrected chi connectivity index (χ3v) is 4.71. The number of amides is 1. The third-order valence-electron chi connectivity index (χ3n) is 3.96. The van der Waals surface area contributed by atoms with E-state index in [1.165, 1.54) is 4.90 Å². The van der Waals surface area contributed by atoms with Crippen molar-refractivity contribution in [1.82, 2.24) is 5.32 Å². The molecule has 24 heavy (non-hydrogen) atoms. The molecular formula is C19H21NO3S. The first-order valence-electron chi connectivity index (χ1n) is 7.97. The third kappa shape index (κ3) is 4.03. The lowest BCUT2D eigenvalue weighted by molar-refractivity contribution is -0.121. The molecule has 0 saturated carbocycles. The first-order chi connectivity index (χ1) is 11.7. The number of thioether (sulfide) groups is 1. The summed E-state index contributed by atoms with van der Waals surface area (Å²) in [5.74, 6) is 1.45. The Morgan fingerprint density at radius 3 is 2.54 bits per heavy atom. The molecule has 1 aliphatic heterocycles. The number of hydrogen-bond donors (Lipinski definition) is 1.